The Morgan fingerprint density at radius 1 is 1.27 bits per heavy atom. The molecule has 0 bridgehead atoms. The Labute approximate surface area is 127 Å². The van der Waals surface area contributed by atoms with Crippen molar-refractivity contribution in [1.82, 2.24) is 10.2 Å². The molecule has 0 radical (unpaired) electrons. The van der Waals surface area contributed by atoms with Gasteiger partial charge in [-0.15, -0.1) is 0 Å². The van der Waals surface area contributed by atoms with Crippen LogP contribution >= 0.6 is 0 Å². The van der Waals surface area contributed by atoms with Gasteiger partial charge in [0, 0.05) is 19.0 Å². The number of amides is 2. The fraction of sp³-hybridized carbons (Fsp3) is 0.400. The van der Waals surface area contributed by atoms with Gasteiger partial charge in [0.15, 0.2) is 0 Å². The number of piperidine rings is 1. The number of carbonyl (C=O) groups excluding carboxylic acids is 1. The van der Waals surface area contributed by atoms with Gasteiger partial charge in [0.05, 0.1) is 5.56 Å². The van der Waals surface area contributed by atoms with E-state index in [1.165, 1.54) is 6.07 Å². The van der Waals surface area contributed by atoms with Gasteiger partial charge >= 0.3 is 18.0 Å². The van der Waals surface area contributed by atoms with E-state index in [1.54, 1.807) is 17.0 Å². The molecular formula is C15H18N2O5. The van der Waals surface area contributed by atoms with Crippen LogP contribution in [0.5, 0.6) is 0 Å². The molecule has 1 heterocycles. The minimum Gasteiger partial charge on any atom is -0.480 e. The summed E-state index contributed by atoms with van der Waals surface area (Å²) in [5.74, 6) is -2.01. The van der Waals surface area contributed by atoms with Crippen LogP contribution in [0.25, 0.3) is 0 Å². The van der Waals surface area contributed by atoms with Crippen LogP contribution in [-0.2, 0) is 4.79 Å². The molecule has 1 aliphatic heterocycles. The van der Waals surface area contributed by atoms with Gasteiger partial charge in [-0.1, -0.05) is 12.1 Å². The lowest BCUT2D eigenvalue weighted by molar-refractivity contribution is -0.135. The Balaban J connectivity index is 2.04. The molecule has 22 heavy (non-hydrogen) atoms. The standard InChI is InChI=1S/C15H18N2O5/c18-13(19)8-16-15(22)17-6-2-5-12(9-17)10-3-1-4-11(7-10)14(20)21/h1,3-4,7,12H,2,5-6,8-9H2,(H,16,22)(H,18,19)(H,20,21). The van der Waals surface area contributed by atoms with E-state index in [2.05, 4.69) is 5.32 Å². The van der Waals surface area contributed by atoms with Crippen molar-refractivity contribution in [2.75, 3.05) is 19.6 Å². The average Bonchev–Trinajstić information content (AvgIpc) is 2.52. The Kier molecular flexibility index (Phi) is 4.98. The maximum Gasteiger partial charge on any atom is 0.335 e. The highest BCUT2D eigenvalue weighted by molar-refractivity contribution is 5.87. The van der Waals surface area contributed by atoms with Gasteiger partial charge in [0.25, 0.3) is 0 Å². The van der Waals surface area contributed by atoms with Gasteiger partial charge in [-0.05, 0) is 30.5 Å². The van der Waals surface area contributed by atoms with E-state index < -0.39 is 24.5 Å². The normalized spacial score (nSPS) is 17.8. The van der Waals surface area contributed by atoms with Crippen molar-refractivity contribution < 1.29 is 24.6 Å². The van der Waals surface area contributed by atoms with E-state index in [4.69, 9.17) is 10.2 Å². The third-order valence-electron chi connectivity index (χ3n) is 3.70. The van der Waals surface area contributed by atoms with E-state index in [9.17, 15) is 14.4 Å². The van der Waals surface area contributed by atoms with Gasteiger partial charge in [-0.2, -0.15) is 0 Å². The first kappa shape index (κ1) is 15.8. The first-order valence-electron chi connectivity index (χ1n) is 7.05. The third-order valence-corrected chi connectivity index (χ3v) is 3.70. The van der Waals surface area contributed by atoms with Crippen LogP contribution in [0.2, 0.25) is 0 Å². The molecular weight excluding hydrogens is 288 g/mol. The molecule has 7 heteroatoms. The number of carboxylic acid groups (broad SMARTS) is 2. The van der Waals surface area contributed by atoms with Gasteiger partial charge in [-0.25, -0.2) is 9.59 Å². The molecule has 0 spiro atoms. The van der Waals surface area contributed by atoms with E-state index in [1.807, 2.05) is 6.07 Å². The average molecular weight is 306 g/mol. The number of hydrogen-bond acceptors (Lipinski definition) is 3. The smallest absolute Gasteiger partial charge is 0.335 e. The molecule has 118 valence electrons. The highest BCUT2D eigenvalue weighted by atomic mass is 16.4. The van der Waals surface area contributed by atoms with Crippen LogP contribution in [-0.4, -0.2) is 52.7 Å². The summed E-state index contributed by atoms with van der Waals surface area (Å²) >= 11 is 0. The van der Waals surface area contributed by atoms with Gasteiger partial charge < -0.3 is 20.4 Å². The summed E-state index contributed by atoms with van der Waals surface area (Å²) in [4.78, 5) is 35.0. The highest BCUT2D eigenvalue weighted by Gasteiger charge is 2.25. The summed E-state index contributed by atoms with van der Waals surface area (Å²) < 4.78 is 0. The number of nitrogens with one attached hydrogen (secondary N) is 1. The maximum atomic E-state index is 11.9. The fourth-order valence-electron chi connectivity index (χ4n) is 2.62. The fourth-order valence-corrected chi connectivity index (χ4v) is 2.62. The summed E-state index contributed by atoms with van der Waals surface area (Å²) in [6.45, 7) is 0.615. The Morgan fingerprint density at radius 2 is 2.05 bits per heavy atom. The molecule has 1 aromatic carbocycles. The summed E-state index contributed by atoms with van der Waals surface area (Å²) in [5.41, 5.74) is 1.11. The number of nitrogens with zero attached hydrogens (tertiary/aromatic N) is 1. The van der Waals surface area contributed by atoms with Gasteiger partial charge in [-0.3, -0.25) is 4.79 Å². The Hall–Kier alpha value is -2.57. The number of carboxylic acids is 2. The number of aliphatic carboxylic acids is 1. The largest absolute Gasteiger partial charge is 0.480 e. The lowest BCUT2D eigenvalue weighted by Gasteiger charge is -2.33. The second-order valence-electron chi connectivity index (χ2n) is 5.27. The zero-order valence-electron chi connectivity index (χ0n) is 12.0. The second-order valence-corrected chi connectivity index (χ2v) is 5.27. The summed E-state index contributed by atoms with van der Waals surface area (Å²) in [5, 5.41) is 20.0. The minimum absolute atomic E-state index is 0.0589. The summed E-state index contributed by atoms with van der Waals surface area (Å²) in [7, 11) is 0. The number of likely N-dealkylation sites (tertiary alicyclic amines) is 1. The molecule has 1 aliphatic rings. The van der Waals surface area contributed by atoms with Crippen LogP contribution in [0.4, 0.5) is 4.79 Å². The van der Waals surface area contributed by atoms with Crippen molar-refractivity contribution >= 4 is 18.0 Å². The van der Waals surface area contributed by atoms with Crippen LogP contribution in [0.3, 0.4) is 0 Å². The van der Waals surface area contributed by atoms with Gasteiger partial charge in [0.2, 0.25) is 0 Å². The number of hydrogen-bond donors (Lipinski definition) is 3. The summed E-state index contributed by atoms with van der Waals surface area (Å²) in [6.07, 6.45) is 1.66. The molecule has 2 rings (SSSR count). The van der Waals surface area contributed by atoms with E-state index in [0.29, 0.717) is 13.1 Å². The SMILES string of the molecule is O=C(O)CNC(=O)N1CCCC(c2cccc(C(=O)O)c2)C1. The van der Waals surface area contributed by atoms with Crippen LogP contribution in [0.15, 0.2) is 24.3 Å². The van der Waals surface area contributed by atoms with Crippen molar-refractivity contribution in [3.63, 3.8) is 0 Å². The molecule has 7 nitrogen and oxygen atoms in total. The Bertz CT molecular complexity index is 587. The van der Waals surface area contributed by atoms with Crippen LogP contribution in [0.1, 0.15) is 34.7 Å². The highest BCUT2D eigenvalue weighted by Crippen LogP contribution is 2.27. The molecule has 0 aliphatic carbocycles. The molecule has 1 unspecified atom stereocenters. The minimum atomic E-state index is -1.09. The molecule has 0 saturated carbocycles. The number of carbonyl (C=O) groups is 3. The quantitative estimate of drug-likeness (QED) is 0.778. The molecule has 0 aromatic heterocycles. The number of urea groups is 1. The molecule has 2 amide bonds. The predicted molar refractivity (Wildman–Crippen MR) is 78.0 cm³/mol. The lowest BCUT2D eigenvalue weighted by atomic mass is 9.90. The number of aromatic carboxylic acids is 1. The van der Waals surface area contributed by atoms with Gasteiger partial charge in [0.1, 0.15) is 6.54 Å². The predicted octanol–water partition coefficient (Wildman–Crippen LogP) is 1.36. The zero-order valence-corrected chi connectivity index (χ0v) is 12.0. The first-order valence-corrected chi connectivity index (χ1v) is 7.05. The molecule has 3 N–H and O–H groups in total. The van der Waals surface area contributed by atoms with Crippen LogP contribution in [0, 0.1) is 0 Å². The monoisotopic (exact) mass is 306 g/mol. The molecule has 1 saturated heterocycles. The number of rotatable bonds is 4. The van der Waals surface area contributed by atoms with Crippen molar-refractivity contribution in [1.29, 1.82) is 0 Å². The summed E-state index contributed by atoms with van der Waals surface area (Å²) in [6, 6.07) is 6.32. The van der Waals surface area contributed by atoms with Crippen molar-refractivity contribution in [3.05, 3.63) is 35.4 Å². The van der Waals surface area contributed by atoms with E-state index >= 15 is 0 Å². The van der Waals surface area contributed by atoms with E-state index in [-0.39, 0.29) is 11.5 Å². The Morgan fingerprint density at radius 3 is 2.73 bits per heavy atom. The van der Waals surface area contributed by atoms with Crippen molar-refractivity contribution in [2.45, 2.75) is 18.8 Å². The van der Waals surface area contributed by atoms with Crippen molar-refractivity contribution in [3.8, 4) is 0 Å². The van der Waals surface area contributed by atoms with Crippen molar-refractivity contribution in [2.24, 2.45) is 0 Å². The topological polar surface area (TPSA) is 107 Å². The third kappa shape index (κ3) is 3.97. The molecule has 1 atom stereocenters. The second kappa shape index (κ2) is 6.93. The maximum absolute atomic E-state index is 11.9. The zero-order chi connectivity index (χ0) is 16.1. The van der Waals surface area contributed by atoms with Crippen LogP contribution < -0.4 is 5.32 Å². The van der Waals surface area contributed by atoms with E-state index in [0.717, 1.165) is 18.4 Å². The first-order chi connectivity index (χ1) is 10.5. The molecule has 1 aromatic rings. The lowest BCUT2D eigenvalue weighted by Crippen LogP contribution is -2.46. The molecule has 1 fully saturated rings. The number of benzene rings is 1.